The largest absolute Gasteiger partial charge is 0.487 e. The summed E-state index contributed by atoms with van der Waals surface area (Å²) in [7, 11) is 0. The number of ether oxygens (including phenoxy) is 2. The number of carbonyl (C=O) groups is 1. The smallest absolute Gasteiger partial charge is 0.338 e. The molecule has 0 radical (unpaired) electrons. The third kappa shape index (κ3) is 7.27. The van der Waals surface area contributed by atoms with Gasteiger partial charge >= 0.3 is 5.97 Å². The maximum atomic E-state index is 14.4. The molecule has 0 fully saturated rings. The number of hydrogen-bond donors (Lipinski definition) is 0. The van der Waals surface area contributed by atoms with Crippen molar-refractivity contribution >= 4 is 86.0 Å². The summed E-state index contributed by atoms with van der Waals surface area (Å²) < 4.78 is 29.2. The number of thiazole rings is 1. The molecule has 11 heteroatoms. The Morgan fingerprint density at radius 2 is 1.77 bits per heavy atom. The van der Waals surface area contributed by atoms with Crippen molar-refractivity contribution in [3.05, 3.63) is 151 Å². The van der Waals surface area contributed by atoms with E-state index in [1.165, 1.54) is 23.5 Å². The summed E-state index contributed by atoms with van der Waals surface area (Å²) in [5.41, 5.74) is 3.57. The molecule has 0 saturated heterocycles. The van der Waals surface area contributed by atoms with Crippen molar-refractivity contribution in [1.29, 1.82) is 0 Å². The number of aromatic nitrogens is 1. The molecule has 0 spiro atoms. The van der Waals surface area contributed by atoms with Gasteiger partial charge in [-0.2, -0.15) is 0 Å². The number of nitrogens with zero attached hydrogens (tertiary/aromatic N) is 2. The van der Waals surface area contributed by atoms with Gasteiger partial charge in [0.1, 0.15) is 18.2 Å². The number of thioether (sulfide) groups is 1. The van der Waals surface area contributed by atoms with Crippen LogP contribution in [0.2, 0.25) is 0 Å². The van der Waals surface area contributed by atoms with Crippen LogP contribution < -0.4 is 19.6 Å². The molecular formula is C36H27FI2N2O4S2. The van der Waals surface area contributed by atoms with Gasteiger partial charge in [0.25, 0.3) is 5.56 Å². The molecule has 0 saturated carbocycles. The molecule has 0 bridgehead atoms. The molecule has 1 atom stereocenters. The van der Waals surface area contributed by atoms with E-state index in [4.69, 9.17) is 14.5 Å². The Kier molecular flexibility index (Phi) is 10.6. The minimum Gasteiger partial charge on any atom is -0.487 e. The molecule has 0 N–H and O–H groups in total. The first-order valence-corrected chi connectivity index (χ1v) is 18.8. The second kappa shape index (κ2) is 14.9. The van der Waals surface area contributed by atoms with Crippen LogP contribution >= 0.6 is 68.3 Å². The van der Waals surface area contributed by atoms with Gasteiger partial charge in [-0.25, -0.2) is 14.2 Å². The monoisotopic (exact) mass is 888 g/mol. The second-order valence-electron chi connectivity index (χ2n) is 10.4. The van der Waals surface area contributed by atoms with Crippen molar-refractivity contribution in [2.75, 3.05) is 12.9 Å². The fourth-order valence-corrected chi connectivity index (χ4v) is 8.70. The first-order valence-electron chi connectivity index (χ1n) is 14.6. The summed E-state index contributed by atoms with van der Waals surface area (Å²) in [6, 6.07) is 26.7. The van der Waals surface area contributed by atoms with Gasteiger partial charge in [-0.15, -0.1) is 11.8 Å². The highest BCUT2D eigenvalue weighted by molar-refractivity contribution is 14.1. The van der Waals surface area contributed by atoms with E-state index in [-0.39, 0.29) is 24.6 Å². The fraction of sp³-hybridized carbons (Fsp3) is 0.139. The van der Waals surface area contributed by atoms with E-state index in [2.05, 4.69) is 45.2 Å². The van der Waals surface area contributed by atoms with Crippen molar-refractivity contribution in [2.45, 2.75) is 24.5 Å². The topological polar surface area (TPSA) is 69.9 Å². The van der Waals surface area contributed by atoms with Crippen molar-refractivity contribution in [3.8, 4) is 5.75 Å². The zero-order valence-corrected chi connectivity index (χ0v) is 31.2. The summed E-state index contributed by atoms with van der Waals surface area (Å²) in [6.45, 7) is 2.17. The average molecular weight is 889 g/mol. The third-order valence-corrected chi connectivity index (χ3v) is 10.6. The molecule has 5 aromatic rings. The SMILES string of the molecule is CCOC(=O)C1=C(c2ccccc2)N=c2s/c(=C\c3cc(I)cc(I)c3OCc3ccc(F)cc3)c(=O)n2[C@H]1c1ccc(SC)cc1. The quantitative estimate of drug-likeness (QED) is 0.0868. The zero-order chi connectivity index (χ0) is 33.1. The Morgan fingerprint density at radius 3 is 2.45 bits per heavy atom. The van der Waals surface area contributed by atoms with Gasteiger partial charge in [-0.3, -0.25) is 9.36 Å². The average Bonchev–Trinajstić information content (AvgIpc) is 3.38. The van der Waals surface area contributed by atoms with Crippen molar-refractivity contribution < 1.29 is 18.7 Å². The lowest BCUT2D eigenvalue weighted by molar-refractivity contribution is -0.138. The molecule has 2 heterocycles. The minimum atomic E-state index is -0.760. The van der Waals surface area contributed by atoms with Crippen LogP contribution in [0, 0.1) is 13.0 Å². The Bertz CT molecular complexity index is 2160. The highest BCUT2D eigenvalue weighted by Crippen LogP contribution is 2.36. The van der Waals surface area contributed by atoms with Gasteiger partial charge in [0.05, 0.1) is 32.0 Å². The van der Waals surface area contributed by atoms with Crippen molar-refractivity contribution in [2.24, 2.45) is 4.99 Å². The Labute approximate surface area is 306 Å². The van der Waals surface area contributed by atoms with Gasteiger partial charge < -0.3 is 9.47 Å². The van der Waals surface area contributed by atoms with E-state index < -0.39 is 12.0 Å². The van der Waals surface area contributed by atoms with Gasteiger partial charge in [0.15, 0.2) is 4.80 Å². The highest BCUT2D eigenvalue weighted by Gasteiger charge is 2.35. The Hall–Kier alpha value is -3.27. The van der Waals surface area contributed by atoms with Crippen LogP contribution in [0.3, 0.4) is 0 Å². The molecule has 1 aliphatic heterocycles. The first kappa shape index (κ1) is 33.6. The number of carbonyl (C=O) groups excluding carboxylic acids is 1. The first-order chi connectivity index (χ1) is 22.8. The maximum Gasteiger partial charge on any atom is 0.338 e. The van der Waals surface area contributed by atoms with Crippen LogP contribution in [-0.4, -0.2) is 23.4 Å². The fourth-order valence-electron chi connectivity index (χ4n) is 5.26. The number of hydrogen-bond acceptors (Lipinski definition) is 7. The number of rotatable bonds is 9. The van der Waals surface area contributed by atoms with Crippen LogP contribution in [0.5, 0.6) is 5.75 Å². The summed E-state index contributed by atoms with van der Waals surface area (Å²) in [5.74, 6) is -0.219. The molecule has 4 aromatic carbocycles. The van der Waals surface area contributed by atoms with Crippen LogP contribution in [0.25, 0.3) is 11.8 Å². The van der Waals surface area contributed by atoms with E-state index in [1.807, 2.05) is 79.1 Å². The molecule has 6 nitrogen and oxygen atoms in total. The van der Waals surface area contributed by atoms with E-state index in [1.54, 1.807) is 35.4 Å². The zero-order valence-electron chi connectivity index (χ0n) is 25.2. The summed E-state index contributed by atoms with van der Waals surface area (Å²) >= 11 is 7.34. The summed E-state index contributed by atoms with van der Waals surface area (Å²) in [4.78, 5) is 34.6. The molecule has 47 heavy (non-hydrogen) atoms. The number of halogens is 3. The van der Waals surface area contributed by atoms with Crippen molar-refractivity contribution in [1.82, 2.24) is 4.57 Å². The van der Waals surface area contributed by atoms with Crippen LogP contribution in [-0.2, 0) is 16.1 Å². The predicted octanol–water partition coefficient (Wildman–Crippen LogP) is 7.58. The lowest BCUT2D eigenvalue weighted by Gasteiger charge is -2.26. The normalized spacial score (nSPS) is 14.5. The number of esters is 1. The Balaban J connectivity index is 1.55. The summed E-state index contributed by atoms with van der Waals surface area (Å²) in [6.07, 6.45) is 3.82. The second-order valence-corrected chi connectivity index (χ2v) is 14.7. The van der Waals surface area contributed by atoms with Gasteiger partial charge in [0, 0.05) is 19.6 Å². The van der Waals surface area contributed by atoms with Crippen molar-refractivity contribution in [3.63, 3.8) is 0 Å². The minimum absolute atomic E-state index is 0.179. The lowest BCUT2D eigenvalue weighted by Crippen LogP contribution is -2.40. The van der Waals surface area contributed by atoms with Gasteiger partial charge in [-0.1, -0.05) is 65.9 Å². The van der Waals surface area contributed by atoms with E-state index in [0.717, 1.165) is 34.3 Å². The van der Waals surface area contributed by atoms with E-state index in [9.17, 15) is 14.0 Å². The van der Waals surface area contributed by atoms with Gasteiger partial charge in [-0.05, 0) is 112 Å². The molecule has 0 unspecified atom stereocenters. The molecule has 1 aromatic heterocycles. The summed E-state index contributed by atoms with van der Waals surface area (Å²) in [5, 5.41) is 0. The highest BCUT2D eigenvalue weighted by atomic mass is 127. The maximum absolute atomic E-state index is 14.4. The molecule has 6 rings (SSSR count). The Morgan fingerprint density at radius 1 is 1.04 bits per heavy atom. The van der Waals surface area contributed by atoms with E-state index in [0.29, 0.717) is 26.4 Å². The van der Waals surface area contributed by atoms with Crippen LogP contribution in [0.4, 0.5) is 4.39 Å². The van der Waals surface area contributed by atoms with Crippen LogP contribution in [0.1, 0.15) is 35.2 Å². The molecule has 0 aliphatic carbocycles. The molecule has 1 aliphatic rings. The number of benzene rings is 4. The molecule has 238 valence electrons. The number of fused-ring (bicyclic) bond motifs is 1. The standard InChI is InChI=1S/C36H27FI2N2O4S2/c1-3-44-35(43)30-31(22-7-5-4-6-8-22)40-36-41(32(30)23-11-15-27(46-2)16-12-23)34(42)29(47-36)18-24-17-26(38)19-28(39)33(24)45-20-21-9-13-25(37)14-10-21/h4-19,32H,3,20H2,1-2H3/b29-18-/t32-/m0/s1. The van der Waals surface area contributed by atoms with Crippen LogP contribution in [0.15, 0.2) is 111 Å². The molecular weight excluding hydrogens is 861 g/mol. The lowest BCUT2D eigenvalue weighted by atomic mass is 9.93. The molecule has 0 amide bonds. The predicted molar refractivity (Wildman–Crippen MR) is 202 cm³/mol. The van der Waals surface area contributed by atoms with E-state index >= 15 is 0 Å². The van der Waals surface area contributed by atoms with Gasteiger partial charge in [0.2, 0.25) is 0 Å². The third-order valence-electron chi connectivity index (χ3n) is 7.43.